The first kappa shape index (κ1) is 16.4. The Morgan fingerprint density at radius 3 is 2.48 bits per heavy atom. The highest BCUT2D eigenvalue weighted by atomic mass is 19.1. The number of methoxy groups -OCH3 is 1. The summed E-state index contributed by atoms with van der Waals surface area (Å²) in [7, 11) is 1.56. The summed E-state index contributed by atoms with van der Waals surface area (Å²) >= 11 is 0. The summed E-state index contributed by atoms with van der Waals surface area (Å²) in [5.74, 6) is 0.580. The van der Waals surface area contributed by atoms with Crippen LogP contribution in [0.25, 0.3) is 11.5 Å². The number of amides is 1. The molecule has 0 aliphatic heterocycles. The Kier molecular flexibility index (Phi) is 4.89. The van der Waals surface area contributed by atoms with Gasteiger partial charge in [0.05, 0.1) is 7.11 Å². The second-order valence-electron chi connectivity index (χ2n) is 4.94. The lowest BCUT2D eigenvalue weighted by molar-refractivity contribution is -0.118. The van der Waals surface area contributed by atoms with Gasteiger partial charge in [0.15, 0.2) is 6.61 Å². The lowest BCUT2D eigenvalue weighted by atomic mass is 10.2. The molecule has 8 heteroatoms. The average Bonchev–Trinajstić information content (AvgIpc) is 3.09. The summed E-state index contributed by atoms with van der Waals surface area (Å²) in [6.07, 6.45) is 0. The van der Waals surface area contributed by atoms with Gasteiger partial charge in [-0.2, -0.15) is 4.98 Å². The minimum absolute atomic E-state index is 0.00246. The standard InChI is InChI=1S/C17H14FN3O4/c1-23-13-6-8-14(9-7-13)24-10-15(22)19-17-20-16(25-21-17)11-2-4-12(18)5-3-11/h2-9H,10H2,1H3,(H,19,21,22). The van der Waals surface area contributed by atoms with Crippen LogP contribution in [-0.4, -0.2) is 29.8 Å². The number of halogens is 1. The molecule has 7 nitrogen and oxygen atoms in total. The maximum Gasteiger partial charge on any atom is 0.270 e. The van der Waals surface area contributed by atoms with E-state index in [4.69, 9.17) is 14.0 Å². The minimum atomic E-state index is -0.442. The highest BCUT2D eigenvalue weighted by molar-refractivity contribution is 5.90. The molecule has 1 aromatic heterocycles. The molecule has 1 amide bonds. The Morgan fingerprint density at radius 2 is 1.80 bits per heavy atom. The molecule has 2 aromatic carbocycles. The molecule has 0 bridgehead atoms. The van der Waals surface area contributed by atoms with Crippen molar-refractivity contribution in [3.05, 3.63) is 54.3 Å². The molecular weight excluding hydrogens is 329 g/mol. The van der Waals surface area contributed by atoms with Crippen LogP contribution in [0, 0.1) is 5.82 Å². The first-order valence-electron chi connectivity index (χ1n) is 7.30. The second kappa shape index (κ2) is 7.43. The van der Waals surface area contributed by atoms with E-state index in [9.17, 15) is 9.18 Å². The van der Waals surface area contributed by atoms with Crippen molar-refractivity contribution in [1.82, 2.24) is 10.1 Å². The van der Waals surface area contributed by atoms with E-state index in [1.54, 1.807) is 31.4 Å². The number of benzene rings is 2. The van der Waals surface area contributed by atoms with E-state index < -0.39 is 5.91 Å². The third kappa shape index (κ3) is 4.31. The van der Waals surface area contributed by atoms with E-state index in [1.807, 2.05) is 0 Å². The highest BCUT2D eigenvalue weighted by Crippen LogP contribution is 2.19. The summed E-state index contributed by atoms with van der Waals surface area (Å²) in [4.78, 5) is 15.9. The number of carbonyl (C=O) groups is 1. The monoisotopic (exact) mass is 343 g/mol. The molecule has 0 saturated carbocycles. The van der Waals surface area contributed by atoms with Gasteiger partial charge in [-0.1, -0.05) is 0 Å². The van der Waals surface area contributed by atoms with Crippen LogP contribution in [0.4, 0.5) is 10.3 Å². The fourth-order valence-electron chi connectivity index (χ4n) is 1.97. The van der Waals surface area contributed by atoms with Crippen molar-refractivity contribution >= 4 is 11.9 Å². The first-order valence-corrected chi connectivity index (χ1v) is 7.30. The predicted molar refractivity (Wildman–Crippen MR) is 86.8 cm³/mol. The molecule has 1 heterocycles. The Balaban J connectivity index is 1.55. The van der Waals surface area contributed by atoms with E-state index in [0.717, 1.165) is 0 Å². The number of rotatable bonds is 6. The van der Waals surface area contributed by atoms with Crippen LogP contribution in [0.1, 0.15) is 0 Å². The summed E-state index contributed by atoms with van der Waals surface area (Å²) in [6, 6.07) is 12.4. The molecule has 0 saturated heterocycles. The zero-order valence-corrected chi connectivity index (χ0v) is 13.2. The van der Waals surface area contributed by atoms with Crippen molar-refractivity contribution in [3.8, 4) is 23.0 Å². The predicted octanol–water partition coefficient (Wildman–Crippen LogP) is 2.90. The van der Waals surface area contributed by atoms with Gasteiger partial charge in [-0.3, -0.25) is 10.1 Å². The second-order valence-corrected chi connectivity index (χ2v) is 4.94. The van der Waals surface area contributed by atoms with E-state index in [-0.39, 0.29) is 24.3 Å². The molecule has 0 unspecified atom stereocenters. The van der Waals surface area contributed by atoms with Gasteiger partial charge in [-0.25, -0.2) is 4.39 Å². The summed E-state index contributed by atoms with van der Waals surface area (Å²) in [6.45, 7) is -0.216. The first-order chi connectivity index (χ1) is 12.1. The summed E-state index contributed by atoms with van der Waals surface area (Å²) in [5, 5.41) is 6.11. The maximum atomic E-state index is 12.9. The van der Waals surface area contributed by atoms with Gasteiger partial charge < -0.3 is 14.0 Å². The lowest BCUT2D eigenvalue weighted by Gasteiger charge is -2.06. The van der Waals surface area contributed by atoms with Crippen molar-refractivity contribution in [2.24, 2.45) is 0 Å². The zero-order chi connectivity index (χ0) is 17.6. The largest absolute Gasteiger partial charge is 0.497 e. The van der Waals surface area contributed by atoms with E-state index in [1.165, 1.54) is 24.3 Å². The minimum Gasteiger partial charge on any atom is -0.497 e. The maximum absolute atomic E-state index is 12.9. The number of anilines is 1. The van der Waals surface area contributed by atoms with E-state index in [2.05, 4.69) is 15.5 Å². The van der Waals surface area contributed by atoms with Crippen LogP contribution in [0.3, 0.4) is 0 Å². The van der Waals surface area contributed by atoms with Gasteiger partial charge >= 0.3 is 0 Å². The van der Waals surface area contributed by atoms with Gasteiger partial charge in [0, 0.05) is 5.56 Å². The lowest BCUT2D eigenvalue weighted by Crippen LogP contribution is -2.20. The Morgan fingerprint density at radius 1 is 1.12 bits per heavy atom. The molecule has 0 atom stereocenters. The molecule has 0 aliphatic carbocycles. The number of nitrogens with one attached hydrogen (secondary N) is 1. The molecule has 0 aliphatic rings. The Bertz CT molecular complexity index is 847. The summed E-state index contributed by atoms with van der Waals surface area (Å²) < 4.78 is 28.3. The normalized spacial score (nSPS) is 10.3. The highest BCUT2D eigenvalue weighted by Gasteiger charge is 2.12. The molecule has 3 rings (SSSR count). The van der Waals surface area contributed by atoms with Gasteiger partial charge in [0.1, 0.15) is 17.3 Å². The van der Waals surface area contributed by atoms with E-state index >= 15 is 0 Å². The Hall–Kier alpha value is -3.42. The third-order valence-corrected chi connectivity index (χ3v) is 3.20. The van der Waals surface area contributed by atoms with Crippen molar-refractivity contribution in [2.45, 2.75) is 0 Å². The smallest absolute Gasteiger partial charge is 0.270 e. The number of aromatic nitrogens is 2. The SMILES string of the molecule is COc1ccc(OCC(=O)Nc2noc(-c3ccc(F)cc3)n2)cc1. The van der Waals surface area contributed by atoms with Gasteiger partial charge in [0.2, 0.25) is 0 Å². The van der Waals surface area contributed by atoms with Crippen LogP contribution in [-0.2, 0) is 4.79 Å². The zero-order valence-electron chi connectivity index (χ0n) is 13.2. The van der Waals surface area contributed by atoms with Crippen molar-refractivity contribution in [1.29, 1.82) is 0 Å². The fourth-order valence-corrected chi connectivity index (χ4v) is 1.97. The van der Waals surface area contributed by atoms with Crippen molar-refractivity contribution in [2.75, 3.05) is 19.0 Å². The van der Waals surface area contributed by atoms with Crippen LogP contribution in [0.5, 0.6) is 11.5 Å². The number of hydrogen-bond donors (Lipinski definition) is 1. The average molecular weight is 343 g/mol. The van der Waals surface area contributed by atoms with Crippen LogP contribution >= 0.6 is 0 Å². The molecule has 128 valence electrons. The number of nitrogens with zero attached hydrogens (tertiary/aromatic N) is 2. The number of hydrogen-bond acceptors (Lipinski definition) is 6. The van der Waals surface area contributed by atoms with Gasteiger partial charge in [-0.15, -0.1) is 0 Å². The van der Waals surface area contributed by atoms with Crippen LogP contribution in [0.2, 0.25) is 0 Å². The van der Waals surface area contributed by atoms with Gasteiger partial charge in [-0.05, 0) is 53.7 Å². The van der Waals surface area contributed by atoms with Gasteiger partial charge in [0.25, 0.3) is 17.7 Å². The quantitative estimate of drug-likeness (QED) is 0.740. The summed E-state index contributed by atoms with van der Waals surface area (Å²) in [5.41, 5.74) is 0.545. The van der Waals surface area contributed by atoms with Crippen LogP contribution < -0.4 is 14.8 Å². The molecule has 0 spiro atoms. The molecular formula is C17H14FN3O4. The number of ether oxygens (including phenoxy) is 2. The fraction of sp³-hybridized carbons (Fsp3) is 0.118. The Labute approximate surface area is 142 Å². The van der Waals surface area contributed by atoms with Crippen molar-refractivity contribution in [3.63, 3.8) is 0 Å². The van der Waals surface area contributed by atoms with Crippen LogP contribution in [0.15, 0.2) is 53.1 Å². The molecule has 0 radical (unpaired) electrons. The number of carbonyl (C=O) groups excluding carboxylic acids is 1. The molecule has 1 N–H and O–H groups in total. The topological polar surface area (TPSA) is 86.5 Å². The van der Waals surface area contributed by atoms with E-state index in [0.29, 0.717) is 17.1 Å². The van der Waals surface area contributed by atoms with Crippen molar-refractivity contribution < 1.29 is 23.2 Å². The molecule has 0 fully saturated rings. The molecule has 25 heavy (non-hydrogen) atoms. The molecule has 3 aromatic rings. The third-order valence-electron chi connectivity index (χ3n) is 3.20.